The molecule has 0 aliphatic heterocycles. The third-order valence-electron chi connectivity index (χ3n) is 1.92. The standard InChI is InChI=1S/C11H17NOS/c1-9-3-2-4-10(5-9)7-14-8-11(12)6-13/h2-5,11,13H,6-8,12H2,1H3/t11-/m1/s1. The van der Waals surface area contributed by atoms with Gasteiger partial charge in [0, 0.05) is 17.5 Å². The minimum atomic E-state index is -0.0928. The van der Waals surface area contributed by atoms with Gasteiger partial charge in [0.2, 0.25) is 0 Å². The van der Waals surface area contributed by atoms with Crippen LogP contribution in [-0.2, 0) is 5.75 Å². The lowest BCUT2D eigenvalue weighted by Gasteiger charge is -2.07. The van der Waals surface area contributed by atoms with Crippen LogP contribution >= 0.6 is 11.8 Å². The number of hydrogen-bond donors (Lipinski definition) is 2. The van der Waals surface area contributed by atoms with Crippen LogP contribution in [0.3, 0.4) is 0 Å². The zero-order chi connectivity index (χ0) is 10.4. The van der Waals surface area contributed by atoms with Gasteiger partial charge in [0.1, 0.15) is 0 Å². The Labute approximate surface area is 89.5 Å². The van der Waals surface area contributed by atoms with Crippen molar-refractivity contribution in [2.24, 2.45) is 5.73 Å². The van der Waals surface area contributed by atoms with Gasteiger partial charge in [-0.15, -0.1) is 0 Å². The van der Waals surface area contributed by atoms with Crippen LogP contribution in [0.1, 0.15) is 11.1 Å². The first-order valence-corrected chi connectivity index (χ1v) is 5.87. The molecule has 3 N–H and O–H groups in total. The van der Waals surface area contributed by atoms with Gasteiger partial charge < -0.3 is 10.8 Å². The highest BCUT2D eigenvalue weighted by molar-refractivity contribution is 7.98. The predicted molar refractivity (Wildman–Crippen MR) is 62.4 cm³/mol. The molecule has 0 saturated heterocycles. The topological polar surface area (TPSA) is 46.2 Å². The van der Waals surface area contributed by atoms with E-state index in [1.54, 1.807) is 11.8 Å². The van der Waals surface area contributed by atoms with Crippen LogP contribution in [0.15, 0.2) is 24.3 Å². The van der Waals surface area contributed by atoms with Gasteiger partial charge >= 0.3 is 0 Å². The molecule has 0 aromatic heterocycles. The molecule has 14 heavy (non-hydrogen) atoms. The molecule has 0 spiro atoms. The van der Waals surface area contributed by atoms with Crippen LogP contribution in [0.4, 0.5) is 0 Å². The summed E-state index contributed by atoms with van der Waals surface area (Å²) in [6.07, 6.45) is 0. The number of aryl methyl sites for hydroxylation is 1. The zero-order valence-corrected chi connectivity index (χ0v) is 9.26. The second-order valence-electron chi connectivity index (χ2n) is 3.45. The molecule has 1 aromatic carbocycles. The minimum absolute atomic E-state index is 0.0703. The molecule has 0 amide bonds. The lowest BCUT2D eigenvalue weighted by Crippen LogP contribution is -2.26. The van der Waals surface area contributed by atoms with Gasteiger partial charge in [-0.05, 0) is 12.5 Å². The van der Waals surface area contributed by atoms with Crippen LogP contribution in [0, 0.1) is 6.92 Å². The smallest absolute Gasteiger partial charge is 0.0590 e. The van der Waals surface area contributed by atoms with Crippen molar-refractivity contribution in [1.82, 2.24) is 0 Å². The molecule has 0 aliphatic rings. The highest BCUT2D eigenvalue weighted by Crippen LogP contribution is 2.13. The lowest BCUT2D eigenvalue weighted by atomic mass is 10.2. The summed E-state index contributed by atoms with van der Waals surface area (Å²) >= 11 is 1.76. The van der Waals surface area contributed by atoms with E-state index in [1.807, 2.05) is 0 Å². The largest absolute Gasteiger partial charge is 0.395 e. The van der Waals surface area contributed by atoms with Crippen molar-refractivity contribution >= 4 is 11.8 Å². The molecular weight excluding hydrogens is 194 g/mol. The summed E-state index contributed by atoms with van der Waals surface area (Å²) in [5, 5.41) is 8.74. The monoisotopic (exact) mass is 211 g/mol. The molecule has 78 valence electrons. The fraction of sp³-hybridized carbons (Fsp3) is 0.455. The van der Waals surface area contributed by atoms with Crippen molar-refractivity contribution in [3.63, 3.8) is 0 Å². The van der Waals surface area contributed by atoms with Gasteiger partial charge in [-0.3, -0.25) is 0 Å². The Morgan fingerprint density at radius 1 is 1.50 bits per heavy atom. The quantitative estimate of drug-likeness (QED) is 0.776. The fourth-order valence-corrected chi connectivity index (χ4v) is 2.12. The Morgan fingerprint density at radius 2 is 2.29 bits per heavy atom. The summed E-state index contributed by atoms with van der Waals surface area (Å²) in [5.74, 6) is 1.78. The van der Waals surface area contributed by atoms with Crippen molar-refractivity contribution in [3.05, 3.63) is 35.4 Å². The number of benzene rings is 1. The highest BCUT2D eigenvalue weighted by atomic mass is 32.2. The maximum atomic E-state index is 8.74. The molecule has 0 unspecified atom stereocenters. The second-order valence-corrected chi connectivity index (χ2v) is 4.48. The molecule has 1 rings (SSSR count). The van der Waals surface area contributed by atoms with E-state index in [9.17, 15) is 0 Å². The van der Waals surface area contributed by atoms with E-state index in [-0.39, 0.29) is 12.6 Å². The number of aliphatic hydroxyl groups is 1. The predicted octanol–water partition coefficient (Wildman–Crippen LogP) is 1.55. The Hall–Kier alpha value is -0.510. The normalized spacial score (nSPS) is 12.8. The van der Waals surface area contributed by atoms with Crippen molar-refractivity contribution in [2.75, 3.05) is 12.4 Å². The molecule has 3 heteroatoms. The van der Waals surface area contributed by atoms with Crippen molar-refractivity contribution in [3.8, 4) is 0 Å². The molecule has 0 aliphatic carbocycles. The van der Waals surface area contributed by atoms with E-state index in [4.69, 9.17) is 10.8 Å². The molecule has 0 fully saturated rings. The summed E-state index contributed by atoms with van der Waals surface area (Å²) in [6, 6.07) is 8.36. The first kappa shape index (κ1) is 11.6. The van der Waals surface area contributed by atoms with E-state index in [2.05, 4.69) is 31.2 Å². The third-order valence-corrected chi connectivity index (χ3v) is 3.12. The molecule has 1 atom stereocenters. The van der Waals surface area contributed by atoms with E-state index < -0.39 is 0 Å². The average Bonchev–Trinajstić information content (AvgIpc) is 2.17. The number of nitrogens with two attached hydrogens (primary N) is 1. The van der Waals surface area contributed by atoms with Gasteiger partial charge in [0.25, 0.3) is 0 Å². The van der Waals surface area contributed by atoms with Gasteiger partial charge in [0.15, 0.2) is 0 Å². The second kappa shape index (κ2) is 6.06. The molecule has 0 heterocycles. The molecular formula is C11H17NOS. The van der Waals surface area contributed by atoms with E-state index in [0.717, 1.165) is 11.5 Å². The molecule has 0 bridgehead atoms. The zero-order valence-electron chi connectivity index (χ0n) is 8.44. The Bertz CT molecular complexity index is 278. The Balaban J connectivity index is 2.31. The summed E-state index contributed by atoms with van der Waals surface area (Å²) in [7, 11) is 0. The number of hydrogen-bond acceptors (Lipinski definition) is 3. The summed E-state index contributed by atoms with van der Waals surface area (Å²) in [6.45, 7) is 2.16. The van der Waals surface area contributed by atoms with E-state index in [0.29, 0.717) is 0 Å². The Morgan fingerprint density at radius 3 is 2.93 bits per heavy atom. The third kappa shape index (κ3) is 4.13. The van der Waals surface area contributed by atoms with Gasteiger partial charge in [-0.1, -0.05) is 29.8 Å². The van der Waals surface area contributed by atoms with Gasteiger partial charge in [-0.25, -0.2) is 0 Å². The van der Waals surface area contributed by atoms with Crippen molar-refractivity contribution < 1.29 is 5.11 Å². The number of thioether (sulfide) groups is 1. The first-order valence-electron chi connectivity index (χ1n) is 4.72. The van der Waals surface area contributed by atoms with Crippen molar-refractivity contribution in [1.29, 1.82) is 0 Å². The highest BCUT2D eigenvalue weighted by Gasteiger charge is 2.00. The minimum Gasteiger partial charge on any atom is -0.395 e. The number of aliphatic hydroxyl groups excluding tert-OH is 1. The van der Waals surface area contributed by atoms with Crippen LogP contribution in [-0.4, -0.2) is 23.5 Å². The summed E-state index contributed by atoms with van der Waals surface area (Å²) < 4.78 is 0. The molecule has 2 nitrogen and oxygen atoms in total. The van der Waals surface area contributed by atoms with Crippen LogP contribution in [0.25, 0.3) is 0 Å². The SMILES string of the molecule is Cc1cccc(CSC[C@H](N)CO)c1. The number of rotatable bonds is 5. The average molecular weight is 211 g/mol. The van der Waals surface area contributed by atoms with Crippen LogP contribution in [0.2, 0.25) is 0 Å². The van der Waals surface area contributed by atoms with Crippen molar-refractivity contribution in [2.45, 2.75) is 18.7 Å². The lowest BCUT2D eigenvalue weighted by molar-refractivity contribution is 0.275. The molecule has 1 aromatic rings. The fourth-order valence-electron chi connectivity index (χ4n) is 1.18. The first-order chi connectivity index (χ1) is 6.72. The molecule has 0 radical (unpaired) electrons. The van der Waals surface area contributed by atoms with Crippen LogP contribution in [0.5, 0.6) is 0 Å². The van der Waals surface area contributed by atoms with Gasteiger partial charge in [0.05, 0.1) is 6.61 Å². The van der Waals surface area contributed by atoms with E-state index >= 15 is 0 Å². The van der Waals surface area contributed by atoms with Gasteiger partial charge in [-0.2, -0.15) is 11.8 Å². The Kier molecular flexibility index (Phi) is 5.01. The molecule has 0 saturated carbocycles. The maximum Gasteiger partial charge on any atom is 0.0590 e. The van der Waals surface area contributed by atoms with Crippen LogP contribution < -0.4 is 5.73 Å². The summed E-state index contributed by atoms with van der Waals surface area (Å²) in [4.78, 5) is 0. The summed E-state index contributed by atoms with van der Waals surface area (Å²) in [5.41, 5.74) is 8.20. The van der Waals surface area contributed by atoms with E-state index in [1.165, 1.54) is 11.1 Å². The maximum absolute atomic E-state index is 8.74.